The van der Waals surface area contributed by atoms with Gasteiger partial charge in [-0.15, -0.1) is 0 Å². The van der Waals surface area contributed by atoms with Crippen molar-refractivity contribution >= 4 is 0 Å². The third-order valence-corrected chi connectivity index (χ3v) is 3.42. The fourth-order valence-corrected chi connectivity index (χ4v) is 2.07. The standard InChI is InChI=1S/C17H22N2O/c1-12(2)14-7-6-13(3)16(9-14)20-17(10-18)15-5-4-8-19-11-15/h4-9,11-12,17H,10,18H2,1-3H3. The average molecular weight is 270 g/mol. The molecule has 106 valence electrons. The summed E-state index contributed by atoms with van der Waals surface area (Å²) in [5.74, 6) is 1.38. The molecule has 0 spiro atoms. The van der Waals surface area contributed by atoms with Gasteiger partial charge in [-0.2, -0.15) is 0 Å². The Labute approximate surface area is 120 Å². The van der Waals surface area contributed by atoms with Gasteiger partial charge >= 0.3 is 0 Å². The summed E-state index contributed by atoms with van der Waals surface area (Å²) in [5, 5.41) is 0. The van der Waals surface area contributed by atoms with Crippen molar-refractivity contribution in [3.63, 3.8) is 0 Å². The topological polar surface area (TPSA) is 48.1 Å². The Bertz CT molecular complexity index is 552. The lowest BCUT2D eigenvalue weighted by atomic mass is 10.0. The molecule has 1 atom stereocenters. The Morgan fingerprint density at radius 2 is 2.00 bits per heavy atom. The number of nitrogens with two attached hydrogens (primary N) is 1. The Morgan fingerprint density at radius 3 is 2.60 bits per heavy atom. The number of pyridine rings is 1. The van der Waals surface area contributed by atoms with Crippen molar-refractivity contribution in [3.05, 3.63) is 59.4 Å². The first-order valence-electron chi connectivity index (χ1n) is 6.99. The van der Waals surface area contributed by atoms with Crippen LogP contribution in [-0.2, 0) is 0 Å². The largest absolute Gasteiger partial charge is 0.484 e. The predicted molar refractivity (Wildman–Crippen MR) is 81.9 cm³/mol. The number of hydrogen-bond donors (Lipinski definition) is 1. The summed E-state index contributed by atoms with van der Waals surface area (Å²) < 4.78 is 6.11. The van der Waals surface area contributed by atoms with Crippen LogP contribution in [0.2, 0.25) is 0 Å². The van der Waals surface area contributed by atoms with Crippen LogP contribution in [0.15, 0.2) is 42.7 Å². The molecule has 3 heteroatoms. The summed E-state index contributed by atoms with van der Waals surface area (Å²) in [6.07, 6.45) is 3.39. The van der Waals surface area contributed by atoms with Crippen LogP contribution in [0.3, 0.4) is 0 Å². The lowest BCUT2D eigenvalue weighted by Gasteiger charge is -2.20. The zero-order valence-corrected chi connectivity index (χ0v) is 12.3. The Kier molecular flexibility index (Phi) is 4.74. The average Bonchev–Trinajstić information content (AvgIpc) is 2.47. The maximum Gasteiger partial charge on any atom is 0.137 e. The lowest BCUT2D eigenvalue weighted by Crippen LogP contribution is -2.19. The first-order chi connectivity index (χ1) is 9.61. The Hall–Kier alpha value is -1.87. The van der Waals surface area contributed by atoms with Crippen molar-refractivity contribution in [1.29, 1.82) is 0 Å². The quantitative estimate of drug-likeness (QED) is 0.903. The molecule has 1 unspecified atom stereocenters. The van der Waals surface area contributed by atoms with Gasteiger partial charge in [-0.1, -0.05) is 32.0 Å². The number of aryl methyl sites for hydroxylation is 1. The molecule has 0 fully saturated rings. The molecule has 2 aromatic rings. The summed E-state index contributed by atoms with van der Waals surface area (Å²) in [6.45, 7) is 6.83. The molecule has 2 N–H and O–H groups in total. The summed E-state index contributed by atoms with van der Waals surface area (Å²) in [6, 6.07) is 10.2. The second-order valence-corrected chi connectivity index (χ2v) is 5.31. The molecule has 2 rings (SSSR count). The SMILES string of the molecule is Cc1ccc(C(C)C)cc1OC(CN)c1cccnc1. The van der Waals surface area contributed by atoms with E-state index in [9.17, 15) is 0 Å². The van der Waals surface area contributed by atoms with E-state index in [2.05, 4.69) is 44.0 Å². The second-order valence-electron chi connectivity index (χ2n) is 5.31. The summed E-state index contributed by atoms with van der Waals surface area (Å²) in [4.78, 5) is 4.13. The van der Waals surface area contributed by atoms with Crippen molar-refractivity contribution in [3.8, 4) is 5.75 Å². The van der Waals surface area contributed by atoms with Gasteiger partial charge in [-0.25, -0.2) is 0 Å². The van der Waals surface area contributed by atoms with Crippen LogP contribution in [0.1, 0.15) is 42.6 Å². The van der Waals surface area contributed by atoms with E-state index in [1.165, 1.54) is 5.56 Å². The van der Waals surface area contributed by atoms with E-state index in [-0.39, 0.29) is 6.10 Å². The molecule has 1 aromatic carbocycles. The molecule has 1 aromatic heterocycles. The maximum absolute atomic E-state index is 6.11. The lowest BCUT2D eigenvalue weighted by molar-refractivity contribution is 0.212. The molecule has 0 amide bonds. The third-order valence-electron chi connectivity index (χ3n) is 3.42. The first kappa shape index (κ1) is 14.5. The van der Waals surface area contributed by atoms with E-state index < -0.39 is 0 Å². The Balaban J connectivity index is 2.25. The monoisotopic (exact) mass is 270 g/mol. The van der Waals surface area contributed by atoms with Crippen LogP contribution in [0, 0.1) is 6.92 Å². The van der Waals surface area contributed by atoms with Crippen molar-refractivity contribution in [1.82, 2.24) is 4.98 Å². The minimum Gasteiger partial charge on any atom is -0.484 e. The van der Waals surface area contributed by atoms with Crippen molar-refractivity contribution in [2.45, 2.75) is 32.8 Å². The minimum atomic E-state index is -0.162. The number of hydrogen-bond acceptors (Lipinski definition) is 3. The van der Waals surface area contributed by atoms with Crippen LogP contribution in [-0.4, -0.2) is 11.5 Å². The van der Waals surface area contributed by atoms with Crippen LogP contribution >= 0.6 is 0 Å². The van der Waals surface area contributed by atoms with Gasteiger partial charge in [0.1, 0.15) is 11.9 Å². The van der Waals surface area contributed by atoms with Crippen molar-refractivity contribution < 1.29 is 4.74 Å². The zero-order valence-electron chi connectivity index (χ0n) is 12.3. The smallest absolute Gasteiger partial charge is 0.137 e. The van der Waals surface area contributed by atoms with Crippen LogP contribution in [0.4, 0.5) is 0 Å². The molecule has 0 radical (unpaired) electrons. The molecule has 0 saturated heterocycles. The third kappa shape index (κ3) is 3.36. The summed E-state index contributed by atoms with van der Waals surface area (Å²) in [5.41, 5.74) is 9.24. The molecule has 0 aliphatic heterocycles. The molecule has 3 nitrogen and oxygen atoms in total. The number of aromatic nitrogens is 1. The van der Waals surface area contributed by atoms with Gasteiger partial charge in [-0.3, -0.25) is 4.98 Å². The van der Waals surface area contributed by atoms with Crippen LogP contribution in [0.25, 0.3) is 0 Å². The number of nitrogens with zero attached hydrogens (tertiary/aromatic N) is 1. The fourth-order valence-electron chi connectivity index (χ4n) is 2.07. The highest BCUT2D eigenvalue weighted by Crippen LogP contribution is 2.28. The number of rotatable bonds is 5. The van der Waals surface area contributed by atoms with E-state index >= 15 is 0 Å². The fraction of sp³-hybridized carbons (Fsp3) is 0.353. The van der Waals surface area contributed by atoms with Crippen molar-refractivity contribution in [2.24, 2.45) is 5.73 Å². The first-order valence-corrected chi connectivity index (χ1v) is 6.99. The van der Waals surface area contributed by atoms with Gasteiger partial charge in [0, 0.05) is 24.5 Å². The highest BCUT2D eigenvalue weighted by atomic mass is 16.5. The highest BCUT2D eigenvalue weighted by molar-refractivity contribution is 5.38. The van der Waals surface area contributed by atoms with E-state index in [0.29, 0.717) is 12.5 Å². The molecule has 1 heterocycles. The van der Waals surface area contributed by atoms with E-state index in [1.54, 1.807) is 12.4 Å². The normalized spacial score (nSPS) is 12.4. The molecular weight excluding hydrogens is 248 g/mol. The predicted octanol–water partition coefficient (Wildman–Crippen LogP) is 3.59. The maximum atomic E-state index is 6.11. The number of benzene rings is 1. The van der Waals surface area contributed by atoms with Crippen LogP contribution in [0.5, 0.6) is 5.75 Å². The van der Waals surface area contributed by atoms with E-state index in [1.807, 2.05) is 12.1 Å². The summed E-state index contributed by atoms with van der Waals surface area (Å²) in [7, 11) is 0. The van der Waals surface area contributed by atoms with Crippen molar-refractivity contribution in [2.75, 3.05) is 6.54 Å². The highest BCUT2D eigenvalue weighted by Gasteiger charge is 2.13. The van der Waals surface area contributed by atoms with Crippen LogP contribution < -0.4 is 10.5 Å². The molecule has 0 aliphatic carbocycles. The van der Waals surface area contributed by atoms with Gasteiger partial charge in [0.05, 0.1) is 0 Å². The van der Waals surface area contributed by atoms with E-state index in [0.717, 1.165) is 16.9 Å². The number of ether oxygens (including phenoxy) is 1. The summed E-state index contributed by atoms with van der Waals surface area (Å²) >= 11 is 0. The van der Waals surface area contributed by atoms with Gasteiger partial charge in [0.2, 0.25) is 0 Å². The molecule has 0 saturated carbocycles. The minimum absolute atomic E-state index is 0.162. The molecule has 0 aliphatic rings. The molecule has 0 bridgehead atoms. The van der Waals surface area contributed by atoms with Gasteiger partial charge in [-0.05, 0) is 36.1 Å². The van der Waals surface area contributed by atoms with Gasteiger partial charge < -0.3 is 10.5 Å². The zero-order chi connectivity index (χ0) is 14.5. The van der Waals surface area contributed by atoms with Gasteiger partial charge in [0.25, 0.3) is 0 Å². The van der Waals surface area contributed by atoms with Gasteiger partial charge in [0.15, 0.2) is 0 Å². The molecule has 20 heavy (non-hydrogen) atoms. The molecular formula is C17H22N2O. The Morgan fingerprint density at radius 1 is 1.20 bits per heavy atom. The van der Waals surface area contributed by atoms with E-state index in [4.69, 9.17) is 10.5 Å². The second kappa shape index (κ2) is 6.53.